The number of fused-ring (bicyclic) bond motifs is 1. The lowest BCUT2D eigenvalue weighted by Gasteiger charge is -2.07. The van der Waals surface area contributed by atoms with Crippen LogP contribution in [0.15, 0.2) is 35.1 Å². The molecule has 3 rings (SSSR count). The van der Waals surface area contributed by atoms with Crippen molar-refractivity contribution in [1.82, 2.24) is 14.5 Å². The molecule has 0 aliphatic carbocycles. The molecule has 0 amide bonds. The van der Waals surface area contributed by atoms with Crippen LogP contribution in [0.25, 0.3) is 10.9 Å². The molecule has 1 aromatic carbocycles. The van der Waals surface area contributed by atoms with E-state index in [0.29, 0.717) is 16.6 Å². The van der Waals surface area contributed by atoms with Crippen LogP contribution in [0.1, 0.15) is 32.4 Å². The number of carbonyl (C=O) groups excluding carboxylic acids is 2. The van der Waals surface area contributed by atoms with Crippen molar-refractivity contribution in [3.8, 4) is 0 Å². The van der Waals surface area contributed by atoms with Crippen LogP contribution in [-0.2, 0) is 23.1 Å². The summed E-state index contributed by atoms with van der Waals surface area (Å²) in [7, 11) is 3.03. The first-order valence-electron chi connectivity index (χ1n) is 7.81. The van der Waals surface area contributed by atoms with Gasteiger partial charge in [0.2, 0.25) is 0 Å². The molecule has 8 heteroatoms. The van der Waals surface area contributed by atoms with Crippen LogP contribution in [0.4, 0.5) is 0 Å². The van der Waals surface area contributed by atoms with Gasteiger partial charge in [-0.2, -0.15) is 0 Å². The average molecular weight is 355 g/mol. The first kappa shape index (κ1) is 17.4. The Bertz CT molecular complexity index is 1060. The molecule has 2 aromatic heterocycles. The van der Waals surface area contributed by atoms with Gasteiger partial charge in [-0.15, -0.1) is 0 Å². The normalized spacial score (nSPS) is 10.7. The summed E-state index contributed by atoms with van der Waals surface area (Å²) in [4.78, 5) is 42.8. The highest BCUT2D eigenvalue weighted by molar-refractivity contribution is 5.94. The number of aromatic amines is 1. The van der Waals surface area contributed by atoms with Gasteiger partial charge in [0.05, 0.1) is 23.6 Å². The summed E-state index contributed by atoms with van der Waals surface area (Å²) < 4.78 is 11.6. The van der Waals surface area contributed by atoms with Gasteiger partial charge < -0.3 is 19.0 Å². The molecule has 134 valence electrons. The smallest absolute Gasteiger partial charge is 0.355 e. The first-order chi connectivity index (χ1) is 12.4. The van der Waals surface area contributed by atoms with Crippen molar-refractivity contribution < 1.29 is 19.1 Å². The molecule has 1 N–H and O–H groups in total. The Hall–Kier alpha value is -3.42. The second-order valence-electron chi connectivity index (χ2n) is 5.73. The highest BCUT2D eigenvalue weighted by atomic mass is 16.5. The summed E-state index contributed by atoms with van der Waals surface area (Å²) in [5, 5.41) is 0.325. The predicted octanol–water partition coefficient (Wildman–Crippen LogP) is 1.71. The number of nitrogens with one attached hydrogen (secondary N) is 1. The summed E-state index contributed by atoms with van der Waals surface area (Å²) in [6.07, 6.45) is 0. The molecule has 0 saturated heterocycles. The third kappa shape index (κ3) is 3.21. The maximum absolute atomic E-state index is 12.2. The summed E-state index contributed by atoms with van der Waals surface area (Å²) >= 11 is 0. The Balaban J connectivity index is 1.86. The van der Waals surface area contributed by atoms with E-state index in [1.165, 1.54) is 25.3 Å². The van der Waals surface area contributed by atoms with Crippen LogP contribution in [-0.4, -0.2) is 33.6 Å². The largest absolute Gasteiger partial charge is 0.465 e. The molecule has 0 aliphatic heterocycles. The van der Waals surface area contributed by atoms with E-state index in [1.807, 2.05) is 6.92 Å². The molecule has 0 unspecified atom stereocenters. The zero-order chi connectivity index (χ0) is 18.8. The number of benzene rings is 1. The number of carbonyl (C=O) groups is 2. The van der Waals surface area contributed by atoms with Gasteiger partial charge in [0.25, 0.3) is 5.56 Å². The van der Waals surface area contributed by atoms with Crippen molar-refractivity contribution in [3.05, 3.63) is 63.5 Å². The monoisotopic (exact) mass is 355 g/mol. The quantitative estimate of drug-likeness (QED) is 0.715. The molecule has 0 radical (unpaired) electrons. The fraction of sp³-hybridized carbons (Fsp3) is 0.222. The number of aryl methyl sites for hydroxylation is 1. The molecule has 2 heterocycles. The number of rotatable bonds is 4. The van der Waals surface area contributed by atoms with Crippen molar-refractivity contribution in [2.75, 3.05) is 7.11 Å². The number of hydrogen-bond donors (Lipinski definition) is 1. The van der Waals surface area contributed by atoms with E-state index in [-0.39, 0.29) is 23.6 Å². The van der Waals surface area contributed by atoms with Gasteiger partial charge in [-0.05, 0) is 37.3 Å². The molecule has 3 aromatic rings. The van der Waals surface area contributed by atoms with Gasteiger partial charge >= 0.3 is 11.9 Å². The van der Waals surface area contributed by atoms with Gasteiger partial charge in [-0.25, -0.2) is 14.6 Å². The van der Waals surface area contributed by atoms with Crippen molar-refractivity contribution in [3.63, 3.8) is 0 Å². The molecule has 0 bridgehead atoms. The van der Waals surface area contributed by atoms with Crippen molar-refractivity contribution >= 4 is 22.8 Å². The fourth-order valence-electron chi connectivity index (χ4n) is 2.53. The zero-order valence-electron chi connectivity index (χ0n) is 14.5. The van der Waals surface area contributed by atoms with E-state index >= 15 is 0 Å². The van der Waals surface area contributed by atoms with Crippen LogP contribution in [0.3, 0.4) is 0 Å². The van der Waals surface area contributed by atoms with Gasteiger partial charge in [-0.3, -0.25) is 4.79 Å². The highest BCUT2D eigenvalue weighted by Gasteiger charge is 2.14. The lowest BCUT2D eigenvalue weighted by atomic mass is 10.1. The number of methoxy groups -OCH3 is 1. The van der Waals surface area contributed by atoms with Crippen molar-refractivity contribution in [2.24, 2.45) is 7.05 Å². The molecule has 0 fully saturated rings. The number of nitrogens with zero attached hydrogens (tertiary/aromatic N) is 2. The van der Waals surface area contributed by atoms with E-state index in [4.69, 9.17) is 4.74 Å². The molecule has 0 saturated carbocycles. The SMILES string of the molecule is COC(=O)c1ccc2c(=O)[nH]c(COC(=O)c3ccc(C)n3C)nc2c1. The van der Waals surface area contributed by atoms with E-state index in [2.05, 4.69) is 14.7 Å². The van der Waals surface area contributed by atoms with Gasteiger partial charge in [0.15, 0.2) is 0 Å². The number of aromatic nitrogens is 3. The minimum Gasteiger partial charge on any atom is -0.465 e. The maximum Gasteiger partial charge on any atom is 0.355 e. The van der Waals surface area contributed by atoms with Crippen LogP contribution in [0, 0.1) is 6.92 Å². The first-order valence-corrected chi connectivity index (χ1v) is 7.81. The minimum atomic E-state index is -0.527. The third-order valence-corrected chi connectivity index (χ3v) is 4.10. The second kappa shape index (κ2) is 6.83. The average Bonchev–Trinajstić information content (AvgIpc) is 2.97. The molecule has 26 heavy (non-hydrogen) atoms. The Morgan fingerprint density at radius 3 is 2.62 bits per heavy atom. The van der Waals surface area contributed by atoms with Crippen LogP contribution >= 0.6 is 0 Å². The minimum absolute atomic E-state index is 0.184. The Kier molecular flexibility index (Phi) is 4.57. The second-order valence-corrected chi connectivity index (χ2v) is 5.73. The Morgan fingerprint density at radius 2 is 1.96 bits per heavy atom. The Morgan fingerprint density at radius 1 is 1.19 bits per heavy atom. The molecular formula is C18H17N3O5. The summed E-state index contributed by atoms with van der Waals surface area (Å²) in [5.74, 6) is -0.864. The topological polar surface area (TPSA) is 103 Å². The van der Waals surface area contributed by atoms with E-state index < -0.39 is 11.9 Å². The van der Waals surface area contributed by atoms with E-state index in [1.54, 1.807) is 23.7 Å². The van der Waals surface area contributed by atoms with E-state index in [0.717, 1.165) is 5.69 Å². The van der Waals surface area contributed by atoms with E-state index in [9.17, 15) is 14.4 Å². The molecule has 0 aliphatic rings. The van der Waals surface area contributed by atoms with Gasteiger partial charge in [0, 0.05) is 12.7 Å². The fourth-order valence-corrected chi connectivity index (χ4v) is 2.53. The Labute approximate surface area is 148 Å². The number of esters is 2. The van der Waals surface area contributed by atoms with Crippen molar-refractivity contribution in [2.45, 2.75) is 13.5 Å². The number of hydrogen-bond acceptors (Lipinski definition) is 6. The predicted molar refractivity (Wildman–Crippen MR) is 93.0 cm³/mol. The van der Waals surface area contributed by atoms with Gasteiger partial charge in [-0.1, -0.05) is 0 Å². The molecular weight excluding hydrogens is 338 g/mol. The molecule has 0 spiro atoms. The third-order valence-electron chi connectivity index (χ3n) is 4.10. The van der Waals surface area contributed by atoms with Crippen LogP contribution < -0.4 is 5.56 Å². The summed E-state index contributed by atoms with van der Waals surface area (Å²) in [6, 6.07) is 7.92. The molecule has 8 nitrogen and oxygen atoms in total. The number of H-pyrrole nitrogens is 1. The lowest BCUT2D eigenvalue weighted by Crippen LogP contribution is -2.16. The highest BCUT2D eigenvalue weighted by Crippen LogP contribution is 2.13. The summed E-state index contributed by atoms with van der Waals surface area (Å²) in [6.45, 7) is 1.68. The van der Waals surface area contributed by atoms with Gasteiger partial charge in [0.1, 0.15) is 18.1 Å². The lowest BCUT2D eigenvalue weighted by molar-refractivity contribution is 0.0450. The zero-order valence-corrected chi connectivity index (χ0v) is 14.5. The van der Waals surface area contributed by atoms with Crippen LogP contribution in [0.2, 0.25) is 0 Å². The molecule has 0 atom stereocenters. The summed E-state index contributed by atoms with van der Waals surface area (Å²) in [5.41, 5.74) is 1.54. The van der Waals surface area contributed by atoms with Crippen LogP contribution in [0.5, 0.6) is 0 Å². The standard InChI is InChI=1S/C18H17N3O5/c1-10-4-7-14(21(10)2)18(24)26-9-15-19-13-8-11(17(23)25-3)5-6-12(13)16(22)20-15/h4-8H,9H2,1-3H3,(H,19,20,22). The maximum atomic E-state index is 12.2. The number of ether oxygens (including phenoxy) is 2. The van der Waals surface area contributed by atoms with Crippen molar-refractivity contribution in [1.29, 1.82) is 0 Å².